The van der Waals surface area contributed by atoms with Gasteiger partial charge in [-0.1, -0.05) is 50.3 Å². The highest BCUT2D eigenvalue weighted by Crippen LogP contribution is 2.59. The molecule has 0 saturated heterocycles. The minimum Gasteiger partial charge on any atom is -0.393 e. The number of aliphatic hydroxyl groups is 3. The van der Waals surface area contributed by atoms with Gasteiger partial charge in [-0.15, -0.1) is 0 Å². The first kappa shape index (κ1) is 22.0. The molecule has 0 radical (unpaired) electrons. The first-order valence-electron chi connectivity index (χ1n) is 12.1. The average molecular weight is 413 g/mol. The quantitative estimate of drug-likeness (QED) is 0.551. The highest BCUT2D eigenvalue weighted by molar-refractivity contribution is 5.38. The first-order valence-corrected chi connectivity index (χ1v) is 12.1. The SMILES string of the molecule is C=C1/C(=C\C=C2/CCC[C@@]3(C)C2CC[C@@H]3[C@H](C)/C=C/[C@@H](O)C2CC2)C[C@@H](O)C[C@@H]1O. The van der Waals surface area contributed by atoms with E-state index in [-0.39, 0.29) is 6.10 Å². The van der Waals surface area contributed by atoms with Crippen molar-refractivity contribution < 1.29 is 15.3 Å². The molecule has 7 atom stereocenters. The molecule has 3 nitrogen and oxygen atoms in total. The molecule has 4 aliphatic rings. The van der Waals surface area contributed by atoms with Crippen LogP contribution in [0.5, 0.6) is 0 Å². The van der Waals surface area contributed by atoms with Crippen LogP contribution in [-0.4, -0.2) is 33.6 Å². The van der Waals surface area contributed by atoms with Crippen molar-refractivity contribution in [3.8, 4) is 0 Å². The van der Waals surface area contributed by atoms with E-state index in [9.17, 15) is 15.3 Å². The largest absolute Gasteiger partial charge is 0.393 e. The van der Waals surface area contributed by atoms with Crippen LogP contribution in [0.1, 0.15) is 71.6 Å². The minimum absolute atomic E-state index is 0.250. The van der Waals surface area contributed by atoms with Gasteiger partial charge in [-0.05, 0) is 91.6 Å². The van der Waals surface area contributed by atoms with Crippen LogP contribution < -0.4 is 0 Å². The van der Waals surface area contributed by atoms with Gasteiger partial charge >= 0.3 is 0 Å². The molecule has 4 saturated carbocycles. The van der Waals surface area contributed by atoms with Gasteiger partial charge in [-0.3, -0.25) is 0 Å². The van der Waals surface area contributed by atoms with Crippen LogP contribution >= 0.6 is 0 Å². The number of aliphatic hydroxyl groups excluding tert-OH is 3. The molecule has 0 spiro atoms. The number of allylic oxidation sites excluding steroid dienone is 4. The molecule has 3 heteroatoms. The second-order valence-electron chi connectivity index (χ2n) is 10.7. The van der Waals surface area contributed by atoms with E-state index in [4.69, 9.17) is 0 Å². The zero-order chi connectivity index (χ0) is 21.5. The normalized spacial score (nSPS) is 42.1. The number of hydrogen-bond acceptors (Lipinski definition) is 3. The van der Waals surface area contributed by atoms with E-state index in [1.165, 1.54) is 44.1 Å². The van der Waals surface area contributed by atoms with Crippen LogP contribution in [-0.2, 0) is 0 Å². The van der Waals surface area contributed by atoms with Crippen molar-refractivity contribution in [1.29, 1.82) is 0 Å². The van der Waals surface area contributed by atoms with Crippen molar-refractivity contribution in [2.75, 3.05) is 0 Å². The Morgan fingerprint density at radius 3 is 2.60 bits per heavy atom. The Balaban J connectivity index is 1.48. The number of fused-ring (bicyclic) bond motifs is 1. The lowest BCUT2D eigenvalue weighted by atomic mass is 9.61. The fraction of sp³-hybridized carbons (Fsp3) is 0.704. The Morgan fingerprint density at radius 1 is 1.10 bits per heavy atom. The van der Waals surface area contributed by atoms with Gasteiger partial charge in [0.25, 0.3) is 0 Å². The van der Waals surface area contributed by atoms with Gasteiger partial charge < -0.3 is 15.3 Å². The summed E-state index contributed by atoms with van der Waals surface area (Å²) in [6, 6.07) is 0. The fourth-order valence-corrected chi connectivity index (χ4v) is 6.63. The first-order chi connectivity index (χ1) is 14.3. The minimum atomic E-state index is -0.621. The Bertz CT molecular complexity index is 743. The monoisotopic (exact) mass is 412 g/mol. The van der Waals surface area contributed by atoms with E-state index in [1.54, 1.807) is 0 Å². The molecule has 0 aromatic rings. The van der Waals surface area contributed by atoms with E-state index in [0.29, 0.717) is 41.9 Å². The fourth-order valence-electron chi connectivity index (χ4n) is 6.63. The topological polar surface area (TPSA) is 60.7 Å². The van der Waals surface area contributed by atoms with E-state index in [1.807, 2.05) is 0 Å². The number of hydrogen-bond donors (Lipinski definition) is 3. The van der Waals surface area contributed by atoms with Gasteiger partial charge in [0.05, 0.1) is 18.3 Å². The van der Waals surface area contributed by atoms with Crippen LogP contribution in [0.25, 0.3) is 0 Å². The highest BCUT2D eigenvalue weighted by Gasteiger charge is 2.50. The van der Waals surface area contributed by atoms with Gasteiger partial charge in [0.1, 0.15) is 0 Å². The van der Waals surface area contributed by atoms with Gasteiger partial charge in [-0.2, -0.15) is 0 Å². The molecular weight excluding hydrogens is 372 g/mol. The van der Waals surface area contributed by atoms with Crippen LogP contribution in [0.3, 0.4) is 0 Å². The summed E-state index contributed by atoms with van der Waals surface area (Å²) in [5.41, 5.74) is 3.63. The summed E-state index contributed by atoms with van der Waals surface area (Å²) in [4.78, 5) is 0. The standard InChI is InChI=1S/C27H40O3/c1-17(6-13-25(29)20-8-9-20)23-11-12-24-19(5-4-14-27(23,24)3)7-10-21-15-22(28)16-26(30)18(21)2/h6-7,10,13,17,20,22-26,28-30H,2,4-5,8-9,11-12,14-16H2,1,3H3/b13-6+,19-7+,21-10-/t17-,22-,23-,24?,25-,26+,27-/m1/s1. The lowest BCUT2D eigenvalue weighted by Gasteiger charge is -2.44. The van der Waals surface area contributed by atoms with E-state index < -0.39 is 12.2 Å². The lowest BCUT2D eigenvalue weighted by molar-refractivity contribution is 0.0862. The molecule has 0 bridgehead atoms. The van der Waals surface area contributed by atoms with Crippen LogP contribution in [0.4, 0.5) is 0 Å². The third-order valence-corrected chi connectivity index (χ3v) is 8.65. The van der Waals surface area contributed by atoms with Crippen molar-refractivity contribution >= 4 is 0 Å². The van der Waals surface area contributed by atoms with Crippen molar-refractivity contribution in [2.24, 2.45) is 29.1 Å². The average Bonchev–Trinajstić information content (AvgIpc) is 3.49. The van der Waals surface area contributed by atoms with Crippen molar-refractivity contribution in [3.63, 3.8) is 0 Å². The zero-order valence-corrected chi connectivity index (χ0v) is 18.8. The third kappa shape index (κ3) is 4.40. The third-order valence-electron chi connectivity index (χ3n) is 8.65. The van der Waals surface area contributed by atoms with E-state index in [0.717, 1.165) is 17.6 Å². The van der Waals surface area contributed by atoms with Crippen molar-refractivity contribution in [2.45, 2.75) is 89.9 Å². The molecule has 4 aliphatic carbocycles. The van der Waals surface area contributed by atoms with Crippen LogP contribution in [0, 0.1) is 29.1 Å². The maximum Gasteiger partial charge on any atom is 0.0811 e. The maximum atomic E-state index is 10.2. The number of rotatable bonds is 5. The molecule has 166 valence electrons. The second-order valence-corrected chi connectivity index (χ2v) is 10.7. The molecule has 3 N–H and O–H groups in total. The molecule has 4 fully saturated rings. The van der Waals surface area contributed by atoms with Crippen molar-refractivity contribution in [1.82, 2.24) is 0 Å². The van der Waals surface area contributed by atoms with Gasteiger partial charge in [0, 0.05) is 6.42 Å². The summed E-state index contributed by atoms with van der Waals surface area (Å²) in [5, 5.41) is 30.4. The van der Waals surface area contributed by atoms with E-state index in [2.05, 4.69) is 44.7 Å². The van der Waals surface area contributed by atoms with Gasteiger partial charge in [0.2, 0.25) is 0 Å². The molecule has 0 aromatic heterocycles. The van der Waals surface area contributed by atoms with Crippen LogP contribution in [0.15, 0.2) is 47.6 Å². The summed E-state index contributed by atoms with van der Waals surface area (Å²) < 4.78 is 0. The molecule has 4 rings (SSSR count). The predicted octanol–water partition coefficient (Wildman–Crippen LogP) is 5.09. The highest BCUT2D eigenvalue weighted by atomic mass is 16.3. The van der Waals surface area contributed by atoms with Gasteiger partial charge in [-0.25, -0.2) is 0 Å². The zero-order valence-electron chi connectivity index (χ0n) is 18.8. The maximum absolute atomic E-state index is 10.2. The summed E-state index contributed by atoms with van der Waals surface area (Å²) in [6.07, 6.45) is 16.9. The molecule has 0 amide bonds. The Morgan fingerprint density at radius 2 is 1.87 bits per heavy atom. The summed E-state index contributed by atoms with van der Waals surface area (Å²) in [5.74, 6) is 2.28. The van der Waals surface area contributed by atoms with E-state index >= 15 is 0 Å². The molecule has 0 aliphatic heterocycles. The second kappa shape index (κ2) is 8.76. The molecular formula is C27H40O3. The Hall–Kier alpha value is -1.16. The summed E-state index contributed by atoms with van der Waals surface area (Å²) in [7, 11) is 0. The summed E-state index contributed by atoms with van der Waals surface area (Å²) >= 11 is 0. The molecule has 1 unspecified atom stereocenters. The van der Waals surface area contributed by atoms with Crippen molar-refractivity contribution in [3.05, 3.63) is 47.6 Å². The van der Waals surface area contributed by atoms with Crippen LogP contribution in [0.2, 0.25) is 0 Å². The molecule has 0 heterocycles. The Kier molecular flexibility index (Phi) is 6.44. The Labute approximate surface area is 182 Å². The molecule has 0 aromatic carbocycles. The summed E-state index contributed by atoms with van der Waals surface area (Å²) in [6.45, 7) is 8.88. The lowest BCUT2D eigenvalue weighted by Crippen LogP contribution is -2.35. The van der Waals surface area contributed by atoms with Gasteiger partial charge in [0.15, 0.2) is 0 Å². The molecule has 30 heavy (non-hydrogen) atoms. The smallest absolute Gasteiger partial charge is 0.0811 e. The predicted molar refractivity (Wildman–Crippen MR) is 122 cm³/mol.